The molecule has 1 aromatic heterocycles. The minimum Gasteiger partial charge on any atom is -0.497 e. The molecule has 0 aliphatic heterocycles. The number of benzene rings is 1. The first-order valence-corrected chi connectivity index (χ1v) is 11.5. The summed E-state index contributed by atoms with van der Waals surface area (Å²) in [6.07, 6.45) is 3.83. The number of hydrogen-bond acceptors (Lipinski definition) is 5. The number of aliphatic carboxylic acids is 1. The summed E-state index contributed by atoms with van der Waals surface area (Å²) in [4.78, 5) is 22.9. The Hall–Kier alpha value is -2.44. The van der Waals surface area contributed by atoms with Gasteiger partial charge in [0.2, 0.25) is 0 Å². The molecule has 3 rings (SSSR count). The molecule has 32 heavy (non-hydrogen) atoms. The summed E-state index contributed by atoms with van der Waals surface area (Å²) >= 11 is 12.3. The summed E-state index contributed by atoms with van der Waals surface area (Å²) in [6, 6.07) is 5.21. The number of carboxylic acids is 1. The molecule has 2 aromatic rings. The molecule has 1 heterocycles. The van der Waals surface area contributed by atoms with E-state index in [1.54, 1.807) is 18.2 Å². The lowest BCUT2D eigenvalue weighted by Crippen LogP contribution is -2.15. The zero-order valence-corrected chi connectivity index (χ0v) is 19.7. The molecule has 0 saturated heterocycles. The van der Waals surface area contributed by atoms with Crippen LogP contribution in [0.25, 0.3) is 5.57 Å². The maximum atomic E-state index is 12.1. The highest BCUT2D eigenvalue weighted by Crippen LogP contribution is 2.37. The SMILES string of the molecule is CCCC1=C(OCCCNc2ccc(CC(=O)O)cc2Cl)CCc2c1oc(=O)c(Cl)c2C. The third-order valence-corrected chi connectivity index (χ3v) is 6.19. The van der Waals surface area contributed by atoms with E-state index in [2.05, 4.69) is 12.2 Å². The van der Waals surface area contributed by atoms with Crippen molar-refractivity contribution in [2.45, 2.75) is 52.4 Å². The Morgan fingerprint density at radius 3 is 2.75 bits per heavy atom. The molecule has 8 heteroatoms. The average molecular weight is 480 g/mol. The summed E-state index contributed by atoms with van der Waals surface area (Å²) in [7, 11) is 0. The molecule has 0 fully saturated rings. The molecular weight excluding hydrogens is 453 g/mol. The molecule has 0 radical (unpaired) electrons. The Balaban J connectivity index is 1.61. The number of carbonyl (C=O) groups is 1. The van der Waals surface area contributed by atoms with Crippen LogP contribution in [0.2, 0.25) is 10.0 Å². The fourth-order valence-corrected chi connectivity index (χ4v) is 4.28. The van der Waals surface area contributed by atoms with Gasteiger partial charge in [0.1, 0.15) is 16.5 Å². The zero-order valence-electron chi connectivity index (χ0n) is 18.2. The number of carboxylic acid groups (broad SMARTS) is 1. The van der Waals surface area contributed by atoms with Gasteiger partial charge in [-0.15, -0.1) is 0 Å². The van der Waals surface area contributed by atoms with Gasteiger partial charge in [0, 0.05) is 24.1 Å². The van der Waals surface area contributed by atoms with E-state index in [0.29, 0.717) is 29.5 Å². The third-order valence-electron chi connectivity index (χ3n) is 5.44. The first kappa shape index (κ1) is 24.2. The van der Waals surface area contributed by atoms with Crippen LogP contribution in [0.15, 0.2) is 33.2 Å². The maximum absolute atomic E-state index is 12.1. The summed E-state index contributed by atoms with van der Waals surface area (Å²) in [6.45, 7) is 5.10. The average Bonchev–Trinajstić information content (AvgIpc) is 2.74. The molecule has 0 saturated carbocycles. The lowest BCUT2D eigenvalue weighted by Gasteiger charge is -2.23. The van der Waals surface area contributed by atoms with Crippen LogP contribution >= 0.6 is 23.2 Å². The lowest BCUT2D eigenvalue weighted by molar-refractivity contribution is -0.136. The molecule has 2 N–H and O–H groups in total. The minimum atomic E-state index is -0.890. The number of rotatable bonds is 10. The van der Waals surface area contributed by atoms with Gasteiger partial charge in [0.15, 0.2) is 0 Å². The Labute approximate surface area is 197 Å². The van der Waals surface area contributed by atoms with Crippen molar-refractivity contribution in [3.8, 4) is 0 Å². The fourth-order valence-electron chi connectivity index (χ4n) is 3.86. The third kappa shape index (κ3) is 5.67. The van der Waals surface area contributed by atoms with Gasteiger partial charge in [-0.05, 0) is 49.4 Å². The standard InChI is InChI=1S/C24H27Cl2NO5/c1-3-5-17-20(9-7-16-14(2)22(26)24(30)32-23(16)17)31-11-4-10-27-19-8-6-15(12-18(19)25)13-21(28)29/h6,8,12,27H,3-5,7,9-11,13H2,1-2H3,(H,28,29). The molecule has 6 nitrogen and oxygen atoms in total. The van der Waals surface area contributed by atoms with Gasteiger partial charge in [0.05, 0.1) is 23.7 Å². The molecule has 1 aliphatic rings. The second-order valence-electron chi connectivity index (χ2n) is 7.80. The fraction of sp³-hybridized carbons (Fsp3) is 0.417. The van der Waals surface area contributed by atoms with Gasteiger partial charge >= 0.3 is 11.6 Å². The van der Waals surface area contributed by atoms with E-state index in [1.807, 2.05) is 6.92 Å². The molecule has 1 aromatic carbocycles. The highest BCUT2D eigenvalue weighted by Gasteiger charge is 2.26. The van der Waals surface area contributed by atoms with Crippen LogP contribution in [0.5, 0.6) is 0 Å². The predicted molar refractivity (Wildman–Crippen MR) is 127 cm³/mol. The number of halogens is 2. The lowest BCUT2D eigenvalue weighted by atomic mass is 9.90. The van der Waals surface area contributed by atoms with E-state index in [4.69, 9.17) is 37.5 Å². The van der Waals surface area contributed by atoms with E-state index in [0.717, 1.165) is 60.3 Å². The van der Waals surface area contributed by atoms with E-state index in [-0.39, 0.29) is 11.4 Å². The van der Waals surface area contributed by atoms with Crippen LogP contribution in [-0.4, -0.2) is 24.2 Å². The largest absolute Gasteiger partial charge is 0.497 e. The molecule has 0 spiro atoms. The van der Waals surface area contributed by atoms with E-state index in [1.165, 1.54) is 0 Å². The first-order valence-electron chi connectivity index (χ1n) is 10.7. The van der Waals surface area contributed by atoms with Crippen LogP contribution in [0, 0.1) is 6.92 Å². The van der Waals surface area contributed by atoms with Gasteiger partial charge in [0.25, 0.3) is 0 Å². The van der Waals surface area contributed by atoms with E-state index >= 15 is 0 Å². The van der Waals surface area contributed by atoms with Crippen molar-refractivity contribution in [3.63, 3.8) is 0 Å². The normalized spacial score (nSPS) is 13.1. The maximum Gasteiger partial charge on any atom is 0.355 e. The summed E-state index contributed by atoms with van der Waals surface area (Å²) < 4.78 is 11.6. The summed E-state index contributed by atoms with van der Waals surface area (Å²) in [5, 5.41) is 12.8. The number of hydrogen-bond donors (Lipinski definition) is 2. The monoisotopic (exact) mass is 479 g/mol. The Morgan fingerprint density at radius 1 is 1.28 bits per heavy atom. The van der Waals surface area contributed by atoms with Gasteiger partial charge in [-0.2, -0.15) is 0 Å². The van der Waals surface area contributed by atoms with Crippen molar-refractivity contribution in [3.05, 3.63) is 66.9 Å². The van der Waals surface area contributed by atoms with Crippen molar-refractivity contribution in [2.24, 2.45) is 0 Å². The molecule has 172 valence electrons. The molecule has 1 aliphatic carbocycles. The molecule has 0 atom stereocenters. The predicted octanol–water partition coefficient (Wildman–Crippen LogP) is 5.86. The van der Waals surface area contributed by atoms with Crippen LogP contribution in [0.4, 0.5) is 5.69 Å². The topological polar surface area (TPSA) is 88.8 Å². The second-order valence-corrected chi connectivity index (χ2v) is 8.59. The Morgan fingerprint density at radius 2 is 2.06 bits per heavy atom. The van der Waals surface area contributed by atoms with Crippen molar-refractivity contribution in [1.82, 2.24) is 0 Å². The quantitative estimate of drug-likeness (QED) is 0.414. The van der Waals surface area contributed by atoms with Crippen LogP contribution < -0.4 is 10.9 Å². The van der Waals surface area contributed by atoms with Crippen molar-refractivity contribution in [2.75, 3.05) is 18.5 Å². The number of allylic oxidation sites excluding steroid dienone is 2. The number of nitrogens with one attached hydrogen (secondary N) is 1. The van der Waals surface area contributed by atoms with Crippen LogP contribution in [0.1, 0.15) is 55.1 Å². The van der Waals surface area contributed by atoms with Crippen molar-refractivity contribution in [1.29, 1.82) is 0 Å². The minimum absolute atomic E-state index is 0.0575. The number of anilines is 1. The smallest absolute Gasteiger partial charge is 0.355 e. The Bertz CT molecular complexity index is 1090. The van der Waals surface area contributed by atoms with Crippen LogP contribution in [0.3, 0.4) is 0 Å². The molecule has 0 amide bonds. The van der Waals surface area contributed by atoms with Crippen molar-refractivity contribution >= 4 is 40.4 Å². The number of fused-ring (bicyclic) bond motifs is 1. The van der Waals surface area contributed by atoms with E-state index < -0.39 is 11.6 Å². The van der Waals surface area contributed by atoms with Gasteiger partial charge < -0.3 is 19.6 Å². The van der Waals surface area contributed by atoms with Crippen molar-refractivity contribution < 1.29 is 19.1 Å². The van der Waals surface area contributed by atoms with Gasteiger partial charge in [-0.1, -0.05) is 42.6 Å². The number of ether oxygens (including phenoxy) is 1. The van der Waals surface area contributed by atoms with E-state index in [9.17, 15) is 9.59 Å². The molecular formula is C24H27Cl2NO5. The second kappa shape index (κ2) is 10.9. The first-order chi connectivity index (χ1) is 15.3. The molecule has 0 unspecified atom stereocenters. The Kier molecular flexibility index (Phi) is 8.26. The highest BCUT2D eigenvalue weighted by molar-refractivity contribution is 6.33. The van der Waals surface area contributed by atoms with Crippen LogP contribution in [-0.2, 0) is 22.4 Å². The van der Waals surface area contributed by atoms with Gasteiger partial charge in [-0.25, -0.2) is 4.79 Å². The highest BCUT2D eigenvalue weighted by atomic mass is 35.5. The summed E-state index contributed by atoms with van der Waals surface area (Å²) in [5.41, 5.74) is 3.65. The summed E-state index contributed by atoms with van der Waals surface area (Å²) in [5.74, 6) is 0.602. The van der Waals surface area contributed by atoms with Gasteiger partial charge in [-0.3, -0.25) is 4.79 Å². The molecule has 0 bridgehead atoms. The zero-order chi connectivity index (χ0) is 23.3.